The lowest BCUT2D eigenvalue weighted by molar-refractivity contribution is 0.0907. The first kappa shape index (κ1) is 19.7. The Bertz CT molecular complexity index is 485. The van der Waals surface area contributed by atoms with Crippen LogP contribution in [0.4, 0.5) is 0 Å². The number of ether oxygens (including phenoxy) is 2. The molecule has 1 aliphatic carbocycles. The Morgan fingerprint density at radius 2 is 2.09 bits per heavy atom. The smallest absolute Gasteiger partial charge is 0.251 e. The van der Waals surface area contributed by atoms with E-state index in [4.69, 9.17) is 15.2 Å². The van der Waals surface area contributed by atoms with Crippen molar-refractivity contribution in [3.63, 3.8) is 0 Å². The molecule has 0 aromatic heterocycles. The highest BCUT2D eigenvalue weighted by atomic mass is 35.5. The van der Waals surface area contributed by atoms with Crippen molar-refractivity contribution in [2.24, 2.45) is 11.7 Å². The summed E-state index contributed by atoms with van der Waals surface area (Å²) in [5.41, 5.74) is 6.44. The minimum absolute atomic E-state index is 0. The third-order valence-electron chi connectivity index (χ3n) is 4.18. The van der Waals surface area contributed by atoms with Gasteiger partial charge in [0.05, 0.1) is 6.61 Å². The first-order chi connectivity index (χ1) is 10.7. The highest BCUT2D eigenvalue weighted by Gasteiger charge is 2.25. The maximum Gasteiger partial charge on any atom is 0.251 e. The fourth-order valence-corrected chi connectivity index (χ4v) is 2.90. The van der Waals surface area contributed by atoms with E-state index in [1.54, 1.807) is 19.2 Å². The Labute approximate surface area is 144 Å². The van der Waals surface area contributed by atoms with Gasteiger partial charge in [-0.2, -0.15) is 0 Å². The molecule has 1 saturated carbocycles. The summed E-state index contributed by atoms with van der Waals surface area (Å²) in [6, 6.07) is 7.43. The molecule has 2 rings (SSSR count). The van der Waals surface area contributed by atoms with Crippen molar-refractivity contribution in [2.75, 3.05) is 26.9 Å². The molecule has 2 atom stereocenters. The molecule has 2 unspecified atom stereocenters. The number of hydrogen-bond acceptors (Lipinski definition) is 4. The van der Waals surface area contributed by atoms with Crippen LogP contribution in [-0.2, 0) is 4.74 Å². The average Bonchev–Trinajstić information content (AvgIpc) is 2.56. The SMILES string of the molecule is COCCOc1cccc(C(=O)NC2CCCCC2CN)c1.Cl. The van der Waals surface area contributed by atoms with E-state index in [-0.39, 0.29) is 24.4 Å². The summed E-state index contributed by atoms with van der Waals surface area (Å²) in [6.45, 7) is 1.63. The molecule has 5 nitrogen and oxygen atoms in total. The lowest BCUT2D eigenvalue weighted by atomic mass is 9.84. The Hall–Kier alpha value is -1.30. The van der Waals surface area contributed by atoms with Crippen LogP contribution < -0.4 is 15.8 Å². The number of carbonyl (C=O) groups excluding carboxylic acids is 1. The number of amides is 1. The van der Waals surface area contributed by atoms with Crippen LogP contribution in [0.1, 0.15) is 36.0 Å². The summed E-state index contributed by atoms with van der Waals surface area (Å²) >= 11 is 0. The summed E-state index contributed by atoms with van der Waals surface area (Å²) in [4.78, 5) is 12.4. The number of nitrogens with one attached hydrogen (secondary N) is 1. The van der Waals surface area contributed by atoms with Crippen molar-refractivity contribution in [2.45, 2.75) is 31.7 Å². The summed E-state index contributed by atoms with van der Waals surface area (Å²) < 4.78 is 10.5. The molecule has 130 valence electrons. The summed E-state index contributed by atoms with van der Waals surface area (Å²) in [6.07, 6.45) is 4.47. The molecule has 1 fully saturated rings. The standard InChI is InChI=1S/C17H26N2O3.ClH/c1-21-9-10-22-15-7-4-6-13(11-15)17(20)19-16-8-3-2-5-14(16)12-18;/h4,6-7,11,14,16H,2-3,5,8-10,12,18H2,1H3,(H,19,20);1H. The lowest BCUT2D eigenvalue weighted by Gasteiger charge is -2.31. The van der Waals surface area contributed by atoms with Gasteiger partial charge in [0.25, 0.3) is 5.91 Å². The second kappa shape index (κ2) is 10.5. The first-order valence-electron chi connectivity index (χ1n) is 7.97. The van der Waals surface area contributed by atoms with Crippen LogP contribution in [0.2, 0.25) is 0 Å². The van der Waals surface area contributed by atoms with Gasteiger partial charge in [0.1, 0.15) is 12.4 Å². The average molecular weight is 343 g/mol. The quantitative estimate of drug-likeness (QED) is 0.746. The van der Waals surface area contributed by atoms with E-state index in [1.165, 1.54) is 6.42 Å². The van der Waals surface area contributed by atoms with Gasteiger partial charge in [-0.15, -0.1) is 12.4 Å². The summed E-state index contributed by atoms with van der Waals surface area (Å²) in [5.74, 6) is 1.02. The van der Waals surface area contributed by atoms with Gasteiger partial charge < -0.3 is 20.5 Å². The zero-order valence-electron chi connectivity index (χ0n) is 13.6. The van der Waals surface area contributed by atoms with Gasteiger partial charge in [-0.25, -0.2) is 0 Å². The zero-order valence-corrected chi connectivity index (χ0v) is 14.4. The van der Waals surface area contributed by atoms with Crippen molar-refractivity contribution in [1.29, 1.82) is 0 Å². The largest absolute Gasteiger partial charge is 0.491 e. The normalized spacial score (nSPS) is 20.4. The van der Waals surface area contributed by atoms with Crippen molar-refractivity contribution in [1.82, 2.24) is 5.32 Å². The van der Waals surface area contributed by atoms with Gasteiger partial charge in [0, 0.05) is 18.7 Å². The van der Waals surface area contributed by atoms with E-state index in [0.717, 1.165) is 19.3 Å². The van der Waals surface area contributed by atoms with E-state index >= 15 is 0 Å². The molecule has 1 aromatic carbocycles. The van der Waals surface area contributed by atoms with Crippen LogP contribution in [0.25, 0.3) is 0 Å². The van der Waals surface area contributed by atoms with Crippen LogP contribution in [0.5, 0.6) is 5.75 Å². The third-order valence-corrected chi connectivity index (χ3v) is 4.18. The number of methoxy groups -OCH3 is 1. The van der Waals surface area contributed by atoms with Crippen LogP contribution >= 0.6 is 12.4 Å². The lowest BCUT2D eigenvalue weighted by Crippen LogP contribution is -2.44. The van der Waals surface area contributed by atoms with E-state index in [9.17, 15) is 4.79 Å². The fraction of sp³-hybridized carbons (Fsp3) is 0.588. The molecular weight excluding hydrogens is 316 g/mol. The minimum Gasteiger partial charge on any atom is -0.491 e. The molecule has 0 bridgehead atoms. The van der Waals surface area contributed by atoms with E-state index in [1.807, 2.05) is 12.1 Å². The van der Waals surface area contributed by atoms with Gasteiger partial charge in [0.15, 0.2) is 0 Å². The van der Waals surface area contributed by atoms with Crippen LogP contribution in [0.15, 0.2) is 24.3 Å². The highest BCUT2D eigenvalue weighted by Crippen LogP contribution is 2.24. The second-order valence-electron chi connectivity index (χ2n) is 5.73. The van der Waals surface area contributed by atoms with Crippen molar-refractivity contribution in [3.05, 3.63) is 29.8 Å². The number of nitrogens with two attached hydrogens (primary N) is 1. The molecule has 0 aliphatic heterocycles. The monoisotopic (exact) mass is 342 g/mol. The predicted octanol–water partition coefficient (Wildman–Crippen LogP) is 2.38. The van der Waals surface area contributed by atoms with Gasteiger partial charge in [0.2, 0.25) is 0 Å². The highest BCUT2D eigenvalue weighted by molar-refractivity contribution is 5.94. The predicted molar refractivity (Wildman–Crippen MR) is 93.3 cm³/mol. The fourth-order valence-electron chi connectivity index (χ4n) is 2.90. The maximum absolute atomic E-state index is 12.4. The molecule has 1 aromatic rings. The number of carbonyl (C=O) groups is 1. The molecule has 6 heteroatoms. The zero-order chi connectivity index (χ0) is 15.8. The topological polar surface area (TPSA) is 73.6 Å². The first-order valence-corrected chi connectivity index (χ1v) is 7.97. The van der Waals surface area contributed by atoms with E-state index in [2.05, 4.69) is 5.32 Å². The second-order valence-corrected chi connectivity index (χ2v) is 5.73. The van der Waals surface area contributed by atoms with Crippen molar-refractivity contribution in [3.8, 4) is 5.75 Å². The summed E-state index contributed by atoms with van der Waals surface area (Å²) in [5, 5.41) is 3.13. The molecule has 0 radical (unpaired) electrons. The van der Waals surface area contributed by atoms with E-state index < -0.39 is 0 Å². The third kappa shape index (κ3) is 6.01. The molecule has 0 saturated heterocycles. The number of hydrogen-bond donors (Lipinski definition) is 2. The van der Waals surface area contributed by atoms with Gasteiger partial charge in [-0.1, -0.05) is 18.9 Å². The molecule has 1 amide bonds. The molecular formula is C17H27ClN2O3. The molecule has 1 aliphatic rings. The Morgan fingerprint density at radius 3 is 2.83 bits per heavy atom. The van der Waals surface area contributed by atoms with Gasteiger partial charge in [-0.3, -0.25) is 4.79 Å². The number of halogens is 1. The number of benzene rings is 1. The Kier molecular flexibility index (Phi) is 8.99. The van der Waals surface area contributed by atoms with Crippen molar-refractivity contribution < 1.29 is 14.3 Å². The van der Waals surface area contributed by atoms with Gasteiger partial charge in [-0.05, 0) is 43.5 Å². The van der Waals surface area contributed by atoms with Crippen LogP contribution in [0.3, 0.4) is 0 Å². The number of rotatable bonds is 7. The Morgan fingerprint density at radius 1 is 1.30 bits per heavy atom. The summed E-state index contributed by atoms with van der Waals surface area (Å²) in [7, 11) is 1.63. The van der Waals surface area contributed by atoms with Crippen LogP contribution in [-0.4, -0.2) is 38.8 Å². The molecule has 0 heterocycles. The van der Waals surface area contributed by atoms with E-state index in [0.29, 0.717) is 37.0 Å². The molecule has 3 N–H and O–H groups in total. The van der Waals surface area contributed by atoms with Gasteiger partial charge >= 0.3 is 0 Å². The molecule has 23 heavy (non-hydrogen) atoms. The van der Waals surface area contributed by atoms with Crippen LogP contribution in [0, 0.1) is 5.92 Å². The van der Waals surface area contributed by atoms with Crippen molar-refractivity contribution >= 4 is 18.3 Å². The maximum atomic E-state index is 12.4. The molecule has 0 spiro atoms. The Balaban J connectivity index is 0.00000264. The minimum atomic E-state index is -0.0532.